The smallest absolute Gasteiger partial charge is 0.321 e. The molecule has 0 atom stereocenters. The molecule has 0 unspecified atom stereocenters. The molecule has 0 spiro atoms. The standard InChI is InChI=1S/C11H16FN3O3S/c1-3-15(4-2)11(16)14-9-5-8(12)6-10(7-9)19(13,17)18/h5-7H,3-4H2,1-2H3,(H,14,16)(H2,13,17,18). The molecule has 0 aromatic heterocycles. The minimum absolute atomic E-state index is 0.0425. The van der Waals surface area contributed by atoms with E-state index >= 15 is 0 Å². The van der Waals surface area contributed by atoms with Crippen molar-refractivity contribution in [3.63, 3.8) is 0 Å². The van der Waals surface area contributed by atoms with Gasteiger partial charge in [0.25, 0.3) is 0 Å². The van der Waals surface area contributed by atoms with Crippen LogP contribution in [0, 0.1) is 5.82 Å². The maximum Gasteiger partial charge on any atom is 0.321 e. The predicted octanol–water partition coefficient (Wildman–Crippen LogP) is 1.35. The number of carbonyl (C=O) groups is 1. The average molecular weight is 289 g/mol. The molecule has 2 amide bonds. The highest BCUT2D eigenvalue weighted by atomic mass is 32.2. The van der Waals surface area contributed by atoms with Crippen molar-refractivity contribution in [1.29, 1.82) is 0 Å². The van der Waals surface area contributed by atoms with Crippen molar-refractivity contribution < 1.29 is 17.6 Å². The minimum atomic E-state index is -4.02. The molecule has 106 valence electrons. The van der Waals surface area contributed by atoms with E-state index in [1.54, 1.807) is 13.8 Å². The summed E-state index contributed by atoms with van der Waals surface area (Å²) in [6.45, 7) is 4.56. The molecule has 0 bridgehead atoms. The van der Waals surface area contributed by atoms with Crippen LogP contribution in [-0.4, -0.2) is 32.4 Å². The van der Waals surface area contributed by atoms with Crippen LogP contribution in [0.1, 0.15) is 13.8 Å². The Kier molecular flexibility index (Phi) is 4.84. The molecule has 6 nitrogen and oxygen atoms in total. The van der Waals surface area contributed by atoms with Gasteiger partial charge in [-0.15, -0.1) is 0 Å². The molecule has 1 rings (SSSR count). The first-order valence-corrected chi connectivity index (χ1v) is 7.21. The second kappa shape index (κ2) is 5.98. The molecule has 0 fully saturated rings. The number of primary sulfonamides is 1. The van der Waals surface area contributed by atoms with Crippen molar-refractivity contribution in [3.8, 4) is 0 Å². The van der Waals surface area contributed by atoms with Crippen molar-refractivity contribution in [3.05, 3.63) is 24.0 Å². The number of anilines is 1. The van der Waals surface area contributed by atoms with Crippen molar-refractivity contribution >= 4 is 21.7 Å². The molecule has 1 aromatic rings. The van der Waals surface area contributed by atoms with Gasteiger partial charge >= 0.3 is 6.03 Å². The molecular formula is C11H16FN3O3S. The largest absolute Gasteiger partial charge is 0.325 e. The first kappa shape index (κ1) is 15.4. The summed E-state index contributed by atoms with van der Waals surface area (Å²) in [5, 5.41) is 7.34. The van der Waals surface area contributed by atoms with Crippen LogP contribution in [-0.2, 0) is 10.0 Å². The zero-order chi connectivity index (χ0) is 14.6. The fraction of sp³-hybridized carbons (Fsp3) is 0.364. The molecule has 0 aliphatic rings. The Hall–Kier alpha value is -1.67. The fourth-order valence-electron chi connectivity index (χ4n) is 1.51. The van der Waals surface area contributed by atoms with Crippen LogP contribution in [0.4, 0.5) is 14.9 Å². The van der Waals surface area contributed by atoms with Crippen LogP contribution < -0.4 is 10.5 Å². The van der Waals surface area contributed by atoms with Crippen LogP contribution in [0.15, 0.2) is 23.1 Å². The van der Waals surface area contributed by atoms with Gasteiger partial charge in [0, 0.05) is 18.8 Å². The average Bonchev–Trinajstić information content (AvgIpc) is 2.28. The van der Waals surface area contributed by atoms with Crippen molar-refractivity contribution in [2.75, 3.05) is 18.4 Å². The highest BCUT2D eigenvalue weighted by Gasteiger charge is 2.14. The zero-order valence-electron chi connectivity index (χ0n) is 10.7. The number of hydrogen-bond donors (Lipinski definition) is 2. The molecule has 0 saturated carbocycles. The first-order valence-electron chi connectivity index (χ1n) is 5.67. The fourth-order valence-corrected chi connectivity index (χ4v) is 2.08. The molecule has 0 aliphatic heterocycles. The molecule has 0 saturated heterocycles. The van der Waals surface area contributed by atoms with Gasteiger partial charge in [0.05, 0.1) is 4.90 Å². The summed E-state index contributed by atoms with van der Waals surface area (Å²) < 4.78 is 35.6. The molecule has 1 aromatic carbocycles. The first-order chi connectivity index (χ1) is 8.77. The lowest BCUT2D eigenvalue weighted by molar-refractivity contribution is 0.217. The Morgan fingerprint density at radius 2 is 1.89 bits per heavy atom. The third kappa shape index (κ3) is 4.18. The summed E-state index contributed by atoms with van der Waals surface area (Å²) >= 11 is 0. The maximum atomic E-state index is 13.3. The zero-order valence-corrected chi connectivity index (χ0v) is 11.5. The van der Waals surface area contributed by atoms with E-state index in [-0.39, 0.29) is 10.6 Å². The third-order valence-corrected chi connectivity index (χ3v) is 3.39. The number of benzene rings is 1. The lowest BCUT2D eigenvalue weighted by Gasteiger charge is -2.19. The number of nitrogens with zero attached hydrogens (tertiary/aromatic N) is 1. The van der Waals surface area contributed by atoms with E-state index in [9.17, 15) is 17.6 Å². The van der Waals surface area contributed by atoms with Gasteiger partial charge < -0.3 is 10.2 Å². The normalized spacial score (nSPS) is 11.2. The van der Waals surface area contributed by atoms with Gasteiger partial charge in [-0.05, 0) is 32.0 Å². The number of rotatable bonds is 4. The van der Waals surface area contributed by atoms with Gasteiger partial charge in [-0.2, -0.15) is 0 Å². The van der Waals surface area contributed by atoms with Crippen molar-refractivity contribution in [1.82, 2.24) is 4.90 Å². The van der Waals surface area contributed by atoms with Gasteiger partial charge in [0.15, 0.2) is 0 Å². The van der Waals surface area contributed by atoms with Crippen LogP contribution in [0.2, 0.25) is 0 Å². The number of carbonyl (C=O) groups excluding carboxylic acids is 1. The molecular weight excluding hydrogens is 273 g/mol. The van der Waals surface area contributed by atoms with E-state index in [2.05, 4.69) is 5.32 Å². The summed E-state index contributed by atoms with van der Waals surface area (Å²) in [6.07, 6.45) is 0. The van der Waals surface area contributed by atoms with Crippen molar-refractivity contribution in [2.24, 2.45) is 5.14 Å². The number of sulfonamides is 1. The van der Waals surface area contributed by atoms with E-state index < -0.39 is 21.9 Å². The van der Waals surface area contributed by atoms with Gasteiger partial charge in [0.1, 0.15) is 5.82 Å². The number of nitrogens with two attached hydrogens (primary N) is 1. The van der Waals surface area contributed by atoms with Crippen molar-refractivity contribution in [2.45, 2.75) is 18.7 Å². The van der Waals surface area contributed by atoms with Gasteiger partial charge in [-0.3, -0.25) is 0 Å². The summed E-state index contributed by atoms with van der Waals surface area (Å²) in [5.74, 6) is -0.790. The second-order valence-corrected chi connectivity index (χ2v) is 5.38. The number of urea groups is 1. The van der Waals surface area contributed by atoms with E-state index in [0.717, 1.165) is 18.2 Å². The summed E-state index contributed by atoms with van der Waals surface area (Å²) in [7, 11) is -4.02. The lowest BCUT2D eigenvalue weighted by atomic mass is 10.3. The number of amides is 2. The molecule has 0 radical (unpaired) electrons. The maximum absolute atomic E-state index is 13.3. The lowest BCUT2D eigenvalue weighted by Crippen LogP contribution is -2.34. The topological polar surface area (TPSA) is 92.5 Å². The summed E-state index contributed by atoms with van der Waals surface area (Å²) in [5.41, 5.74) is 0.0425. The van der Waals surface area contributed by atoms with E-state index in [0.29, 0.717) is 13.1 Å². The SMILES string of the molecule is CCN(CC)C(=O)Nc1cc(F)cc(S(N)(=O)=O)c1. The van der Waals surface area contributed by atoms with Gasteiger partial charge in [-0.25, -0.2) is 22.7 Å². The Balaban J connectivity index is 3.03. The summed E-state index contributed by atoms with van der Waals surface area (Å²) in [4.78, 5) is 12.8. The van der Waals surface area contributed by atoms with Crippen LogP contribution in [0.25, 0.3) is 0 Å². The third-order valence-electron chi connectivity index (χ3n) is 2.50. The Bertz CT molecular complexity index is 571. The van der Waals surface area contributed by atoms with E-state index in [1.165, 1.54) is 4.90 Å². The van der Waals surface area contributed by atoms with Gasteiger partial charge in [0.2, 0.25) is 10.0 Å². The second-order valence-electron chi connectivity index (χ2n) is 3.82. The predicted molar refractivity (Wildman–Crippen MR) is 69.7 cm³/mol. The number of halogens is 1. The number of hydrogen-bond acceptors (Lipinski definition) is 3. The summed E-state index contributed by atoms with van der Waals surface area (Å²) in [6, 6.07) is 2.49. The van der Waals surface area contributed by atoms with Crippen LogP contribution in [0.3, 0.4) is 0 Å². The highest BCUT2D eigenvalue weighted by Crippen LogP contribution is 2.17. The Morgan fingerprint density at radius 3 is 2.37 bits per heavy atom. The monoisotopic (exact) mass is 289 g/mol. The minimum Gasteiger partial charge on any atom is -0.325 e. The molecule has 19 heavy (non-hydrogen) atoms. The van der Waals surface area contributed by atoms with Gasteiger partial charge in [-0.1, -0.05) is 0 Å². The molecule has 0 aliphatic carbocycles. The number of nitrogens with one attached hydrogen (secondary N) is 1. The highest BCUT2D eigenvalue weighted by molar-refractivity contribution is 7.89. The van der Waals surface area contributed by atoms with E-state index in [1.807, 2.05) is 0 Å². The quantitative estimate of drug-likeness (QED) is 0.876. The molecule has 8 heteroatoms. The Morgan fingerprint density at radius 1 is 1.32 bits per heavy atom. The molecule has 3 N–H and O–H groups in total. The molecule has 0 heterocycles. The van der Waals surface area contributed by atoms with Crippen LogP contribution >= 0.6 is 0 Å². The Labute approximate surface area is 111 Å². The van der Waals surface area contributed by atoms with E-state index in [4.69, 9.17) is 5.14 Å². The van der Waals surface area contributed by atoms with Crippen LogP contribution in [0.5, 0.6) is 0 Å².